The molecule has 0 atom stereocenters. The van der Waals surface area contributed by atoms with Crippen molar-refractivity contribution in [1.82, 2.24) is 19.2 Å². The predicted molar refractivity (Wildman–Crippen MR) is 137 cm³/mol. The Hall–Kier alpha value is -2.85. The molecule has 0 unspecified atom stereocenters. The summed E-state index contributed by atoms with van der Waals surface area (Å²) in [6.45, 7) is 8.42. The Labute approximate surface area is 207 Å². The van der Waals surface area contributed by atoms with Crippen LogP contribution in [0.1, 0.15) is 26.5 Å². The second-order valence-electron chi connectivity index (χ2n) is 8.75. The Balaban J connectivity index is 1.77. The maximum absolute atomic E-state index is 15.1. The number of fused-ring (bicyclic) bond motifs is 1. The number of aryl methyl sites for hydroxylation is 1. The van der Waals surface area contributed by atoms with Crippen LogP contribution in [-0.4, -0.2) is 38.1 Å². The number of halogens is 1. The maximum atomic E-state index is 15.1. The lowest BCUT2D eigenvalue weighted by Crippen LogP contribution is -2.07. The summed E-state index contributed by atoms with van der Waals surface area (Å²) in [7, 11) is 4.99. The molecule has 180 valence electrons. The number of benzene rings is 1. The molecule has 0 aliphatic carbocycles. The van der Waals surface area contributed by atoms with Crippen molar-refractivity contribution in [3.63, 3.8) is 0 Å². The molecule has 4 rings (SSSR count). The average molecular weight is 502 g/mol. The van der Waals surface area contributed by atoms with Gasteiger partial charge in [0, 0.05) is 29.6 Å². The Morgan fingerprint density at radius 1 is 1.06 bits per heavy atom. The summed E-state index contributed by atoms with van der Waals surface area (Å²) in [5.74, 6) is 0.451. The molecule has 0 fully saturated rings. The van der Waals surface area contributed by atoms with Gasteiger partial charge in [-0.25, -0.2) is 9.37 Å². The van der Waals surface area contributed by atoms with Crippen LogP contribution in [0.4, 0.5) is 10.1 Å². The molecular formula is C24H28FN5O2S2. The Kier molecular flexibility index (Phi) is 6.73. The van der Waals surface area contributed by atoms with Crippen molar-refractivity contribution in [1.29, 1.82) is 0 Å². The lowest BCUT2D eigenvalue weighted by atomic mass is 10.1. The van der Waals surface area contributed by atoms with Crippen LogP contribution in [0.5, 0.6) is 11.5 Å². The van der Waals surface area contributed by atoms with Gasteiger partial charge in [0.05, 0.1) is 53.5 Å². The van der Waals surface area contributed by atoms with Gasteiger partial charge in [-0.3, -0.25) is 9.08 Å². The van der Waals surface area contributed by atoms with Gasteiger partial charge >= 0.3 is 0 Å². The first-order chi connectivity index (χ1) is 16.1. The number of anilines is 1. The minimum Gasteiger partial charge on any atom is -0.495 e. The normalized spacial score (nSPS) is 11.8. The zero-order valence-electron chi connectivity index (χ0n) is 20.3. The molecule has 10 heteroatoms. The average Bonchev–Trinajstić information content (AvgIpc) is 3.33. The number of nitrogens with zero attached hydrogens (tertiary/aromatic N) is 4. The minimum absolute atomic E-state index is 0.00728. The molecule has 0 saturated heterocycles. The van der Waals surface area contributed by atoms with E-state index in [4.69, 9.17) is 9.47 Å². The summed E-state index contributed by atoms with van der Waals surface area (Å²) in [4.78, 5) is 6.46. The summed E-state index contributed by atoms with van der Waals surface area (Å²) in [6, 6.07) is 5.23. The molecule has 4 aromatic rings. The predicted octanol–water partition coefficient (Wildman–Crippen LogP) is 6.21. The number of nitrogens with one attached hydrogen (secondary N) is 1. The van der Waals surface area contributed by atoms with Gasteiger partial charge in [-0.15, -0.1) is 11.8 Å². The number of thioether (sulfide) groups is 1. The molecule has 1 N–H and O–H groups in total. The van der Waals surface area contributed by atoms with E-state index in [1.54, 1.807) is 35.9 Å². The highest BCUT2D eigenvalue weighted by atomic mass is 32.2. The van der Waals surface area contributed by atoms with Gasteiger partial charge in [-0.1, -0.05) is 20.8 Å². The third-order valence-corrected chi connectivity index (χ3v) is 7.30. The van der Waals surface area contributed by atoms with E-state index in [0.29, 0.717) is 11.3 Å². The lowest BCUT2D eigenvalue weighted by molar-refractivity contribution is 0.389. The van der Waals surface area contributed by atoms with E-state index in [9.17, 15) is 0 Å². The van der Waals surface area contributed by atoms with Crippen molar-refractivity contribution in [3.8, 4) is 22.8 Å². The number of hydrogen-bond donors (Lipinski definition) is 1. The van der Waals surface area contributed by atoms with Crippen LogP contribution < -0.4 is 14.2 Å². The van der Waals surface area contributed by atoms with E-state index in [1.807, 2.05) is 36.7 Å². The van der Waals surface area contributed by atoms with Crippen LogP contribution in [0, 0.1) is 12.7 Å². The highest BCUT2D eigenvalue weighted by Crippen LogP contribution is 2.40. The number of rotatable bonds is 7. The molecule has 0 saturated carbocycles. The first kappa shape index (κ1) is 24.3. The highest BCUT2D eigenvalue weighted by molar-refractivity contribution is 8.01. The smallest absolute Gasteiger partial charge is 0.178 e. The number of imidazole rings is 1. The van der Waals surface area contributed by atoms with Gasteiger partial charge in [0.25, 0.3) is 0 Å². The lowest BCUT2D eigenvalue weighted by Gasteiger charge is -2.20. The SMILES string of the molecule is COc1cc2ncc(-c3cc(F)c(OC)c(NSc4cnn(C)c4C)c3)n2cc1SC(C)(C)C. The first-order valence-corrected chi connectivity index (χ1v) is 12.3. The van der Waals surface area contributed by atoms with Gasteiger partial charge in [0.15, 0.2) is 11.6 Å². The van der Waals surface area contributed by atoms with E-state index < -0.39 is 5.82 Å². The number of methoxy groups -OCH3 is 2. The second-order valence-corrected chi connectivity index (χ2v) is 11.5. The molecule has 3 aromatic heterocycles. The fourth-order valence-electron chi connectivity index (χ4n) is 3.48. The van der Waals surface area contributed by atoms with Crippen molar-refractivity contribution >= 4 is 35.0 Å². The summed E-state index contributed by atoms with van der Waals surface area (Å²) >= 11 is 3.06. The standard InChI is InChI=1S/C24H28FN5O2S2/c1-14-20(12-27-29(14)5)34-28-17-9-15(8-16(25)23(17)32-7)18-11-26-22-10-19(31-6)21(13-30(18)22)33-24(2,3)4/h8-13,28H,1-7H3. The van der Waals surface area contributed by atoms with Crippen LogP contribution in [-0.2, 0) is 7.05 Å². The fourth-order valence-corrected chi connectivity index (χ4v) is 5.29. The van der Waals surface area contributed by atoms with Gasteiger partial charge in [-0.05, 0) is 31.0 Å². The van der Waals surface area contributed by atoms with Crippen molar-refractivity contribution in [2.75, 3.05) is 18.9 Å². The van der Waals surface area contributed by atoms with E-state index in [0.717, 1.165) is 32.6 Å². The Morgan fingerprint density at radius 3 is 2.44 bits per heavy atom. The van der Waals surface area contributed by atoms with Crippen LogP contribution in [0.25, 0.3) is 16.9 Å². The van der Waals surface area contributed by atoms with Crippen LogP contribution in [0.15, 0.2) is 46.6 Å². The van der Waals surface area contributed by atoms with Crippen molar-refractivity contribution in [3.05, 3.63) is 48.3 Å². The van der Waals surface area contributed by atoms with Gasteiger partial charge < -0.3 is 14.2 Å². The van der Waals surface area contributed by atoms with Gasteiger partial charge in [-0.2, -0.15) is 5.10 Å². The van der Waals surface area contributed by atoms with Crippen LogP contribution in [0.2, 0.25) is 0 Å². The van der Waals surface area contributed by atoms with Gasteiger partial charge in [0.2, 0.25) is 0 Å². The topological polar surface area (TPSA) is 65.6 Å². The van der Waals surface area contributed by atoms with E-state index in [2.05, 4.69) is 35.6 Å². The molecule has 1 aromatic carbocycles. The van der Waals surface area contributed by atoms with Crippen LogP contribution in [0.3, 0.4) is 0 Å². The second kappa shape index (κ2) is 9.42. The van der Waals surface area contributed by atoms with Crippen molar-refractivity contribution < 1.29 is 13.9 Å². The number of hydrogen-bond acceptors (Lipinski definition) is 7. The van der Waals surface area contributed by atoms with Crippen molar-refractivity contribution in [2.24, 2.45) is 7.05 Å². The first-order valence-electron chi connectivity index (χ1n) is 10.6. The summed E-state index contributed by atoms with van der Waals surface area (Å²) in [5, 5.41) is 4.26. The molecule has 0 aliphatic heterocycles. The summed E-state index contributed by atoms with van der Waals surface area (Å²) < 4.78 is 33.0. The zero-order chi connectivity index (χ0) is 24.6. The molecule has 0 radical (unpaired) electrons. The van der Waals surface area contributed by atoms with E-state index >= 15 is 4.39 Å². The maximum Gasteiger partial charge on any atom is 0.178 e. The molecule has 0 amide bonds. The number of ether oxygens (including phenoxy) is 2. The molecule has 34 heavy (non-hydrogen) atoms. The monoisotopic (exact) mass is 501 g/mol. The Morgan fingerprint density at radius 2 is 1.82 bits per heavy atom. The molecule has 0 bridgehead atoms. The van der Waals surface area contributed by atoms with Crippen molar-refractivity contribution in [2.45, 2.75) is 42.2 Å². The Bertz CT molecular complexity index is 1340. The molecule has 0 aliphatic rings. The third-order valence-electron chi connectivity index (χ3n) is 5.22. The number of pyridine rings is 1. The largest absolute Gasteiger partial charge is 0.495 e. The highest BCUT2D eigenvalue weighted by Gasteiger charge is 2.20. The zero-order valence-corrected chi connectivity index (χ0v) is 21.9. The molecule has 0 spiro atoms. The number of aromatic nitrogens is 4. The summed E-state index contributed by atoms with van der Waals surface area (Å²) in [6.07, 6.45) is 5.51. The van der Waals surface area contributed by atoms with Gasteiger partial charge in [0.1, 0.15) is 11.4 Å². The fraction of sp³-hybridized carbons (Fsp3) is 0.333. The van der Waals surface area contributed by atoms with E-state index in [1.165, 1.54) is 25.1 Å². The summed E-state index contributed by atoms with van der Waals surface area (Å²) in [5.41, 5.74) is 3.69. The van der Waals surface area contributed by atoms with E-state index in [-0.39, 0.29) is 10.5 Å². The molecule has 7 nitrogen and oxygen atoms in total. The molecule has 3 heterocycles. The van der Waals surface area contributed by atoms with Crippen LogP contribution >= 0.6 is 23.7 Å². The quantitative estimate of drug-likeness (QED) is 0.239. The third kappa shape index (κ3) is 4.83. The minimum atomic E-state index is -0.459. The molecular weight excluding hydrogens is 473 g/mol.